The number of fused-ring (bicyclic) bond motifs is 2. The number of aryl methyl sites for hydroxylation is 2. The van der Waals surface area contributed by atoms with E-state index >= 15 is 0 Å². The van der Waals surface area contributed by atoms with Gasteiger partial charge in [-0.3, -0.25) is 14.5 Å². The number of carbonyl (C=O) groups is 2. The summed E-state index contributed by atoms with van der Waals surface area (Å²) in [5.41, 5.74) is 2.17. The van der Waals surface area contributed by atoms with E-state index in [0.29, 0.717) is 31.9 Å². The molecule has 2 fully saturated rings. The van der Waals surface area contributed by atoms with Gasteiger partial charge in [-0.1, -0.05) is 0 Å². The Bertz CT molecular complexity index is 876. The Morgan fingerprint density at radius 2 is 2.08 bits per heavy atom. The highest BCUT2D eigenvalue weighted by molar-refractivity contribution is 6.02. The lowest BCUT2D eigenvalue weighted by Crippen LogP contribution is -2.64. The van der Waals surface area contributed by atoms with E-state index < -0.39 is 0 Å². The number of rotatable bonds is 1. The molecule has 2 saturated heterocycles. The Labute approximate surface area is 145 Å². The quantitative estimate of drug-likeness (QED) is 0.836. The predicted molar refractivity (Wildman–Crippen MR) is 91.9 cm³/mol. The van der Waals surface area contributed by atoms with E-state index in [0.717, 1.165) is 23.0 Å². The Balaban J connectivity index is 1.67. The molecule has 2 aromatic rings. The van der Waals surface area contributed by atoms with E-state index in [9.17, 15) is 14.0 Å². The van der Waals surface area contributed by atoms with Crippen molar-refractivity contribution in [3.63, 3.8) is 0 Å². The van der Waals surface area contributed by atoms with Crippen LogP contribution in [0.1, 0.15) is 16.1 Å². The van der Waals surface area contributed by atoms with Crippen molar-refractivity contribution in [3.05, 3.63) is 35.3 Å². The lowest BCUT2D eigenvalue weighted by molar-refractivity contribution is -0.131. The molecule has 2 amide bonds. The van der Waals surface area contributed by atoms with Crippen LogP contribution in [0, 0.1) is 12.7 Å². The lowest BCUT2D eigenvalue weighted by atomic mass is 10.1. The van der Waals surface area contributed by atoms with Crippen molar-refractivity contribution in [1.29, 1.82) is 0 Å². The van der Waals surface area contributed by atoms with Crippen molar-refractivity contribution in [1.82, 2.24) is 19.7 Å². The summed E-state index contributed by atoms with van der Waals surface area (Å²) in [6.07, 6.45) is 0. The minimum atomic E-state index is -0.312. The topological polar surface area (TPSA) is 57.6 Å². The monoisotopic (exact) mass is 344 g/mol. The van der Waals surface area contributed by atoms with Gasteiger partial charge in [0.05, 0.1) is 0 Å². The molecule has 0 radical (unpaired) electrons. The summed E-state index contributed by atoms with van der Waals surface area (Å²) in [6.45, 7) is 5.01. The molecule has 0 spiro atoms. The minimum absolute atomic E-state index is 0.0143. The summed E-state index contributed by atoms with van der Waals surface area (Å²) in [5, 5.41) is 3.62. The molecule has 1 aromatic heterocycles. The Hall–Kier alpha value is -2.41. The largest absolute Gasteiger partial charge is 0.353 e. The summed E-state index contributed by atoms with van der Waals surface area (Å²) in [7, 11) is 1.82. The van der Waals surface area contributed by atoms with Gasteiger partial charge < -0.3 is 14.8 Å². The second-order valence-electron chi connectivity index (χ2n) is 6.79. The number of amides is 2. The minimum Gasteiger partial charge on any atom is -0.353 e. The van der Waals surface area contributed by atoms with Crippen molar-refractivity contribution in [2.45, 2.75) is 13.0 Å². The number of nitrogens with zero attached hydrogens (tertiary/aromatic N) is 3. The van der Waals surface area contributed by atoms with Gasteiger partial charge >= 0.3 is 0 Å². The van der Waals surface area contributed by atoms with Crippen LogP contribution in [-0.2, 0) is 11.8 Å². The molecule has 2 aliphatic rings. The molecule has 1 atom stereocenters. The molecule has 3 heterocycles. The molecular weight excluding hydrogens is 323 g/mol. The van der Waals surface area contributed by atoms with E-state index in [-0.39, 0.29) is 23.7 Å². The van der Waals surface area contributed by atoms with Gasteiger partial charge in [0, 0.05) is 50.7 Å². The van der Waals surface area contributed by atoms with Crippen LogP contribution in [0.4, 0.5) is 4.39 Å². The second kappa shape index (κ2) is 5.84. The maximum absolute atomic E-state index is 13.6. The Morgan fingerprint density at radius 3 is 2.88 bits per heavy atom. The molecule has 2 aliphatic heterocycles. The van der Waals surface area contributed by atoms with Gasteiger partial charge in [0.15, 0.2) is 0 Å². The van der Waals surface area contributed by atoms with E-state index in [4.69, 9.17) is 0 Å². The molecule has 25 heavy (non-hydrogen) atoms. The first-order valence-corrected chi connectivity index (χ1v) is 8.53. The van der Waals surface area contributed by atoms with Crippen LogP contribution in [0.5, 0.6) is 0 Å². The van der Waals surface area contributed by atoms with Crippen LogP contribution >= 0.6 is 0 Å². The number of nitrogens with one attached hydrogen (secondary N) is 1. The van der Waals surface area contributed by atoms with Crippen molar-refractivity contribution in [3.8, 4) is 0 Å². The first-order chi connectivity index (χ1) is 12.0. The summed E-state index contributed by atoms with van der Waals surface area (Å²) < 4.78 is 15.4. The highest BCUT2D eigenvalue weighted by Crippen LogP contribution is 2.27. The molecule has 132 valence electrons. The molecule has 0 saturated carbocycles. The highest BCUT2D eigenvalue weighted by Gasteiger charge is 2.37. The van der Waals surface area contributed by atoms with Gasteiger partial charge in [0.25, 0.3) is 5.91 Å². The first-order valence-electron chi connectivity index (χ1n) is 8.53. The van der Waals surface area contributed by atoms with Crippen LogP contribution < -0.4 is 5.32 Å². The average molecular weight is 344 g/mol. The fraction of sp³-hybridized carbons (Fsp3) is 0.444. The van der Waals surface area contributed by atoms with E-state index in [1.165, 1.54) is 12.1 Å². The van der Waals surface area contributed by atoms with E-state index in [2.05, 4.69) is 10.2 Å². The molecule has 1 aromatic carbocycles. The molecule has 7 heteroatoms. The number of halogens is 1. The van der Waals surface area contributed by atoms with Gasteiger partial charge in [0.1, 0.15) is 17.6 Å². The standard InChI is InChI=1S/C18H21FN4O2/c1-11-13-9-12(19)3-4-14(13)21(2)16(11)18(25)23-8-7-22-6-5-20-17(24)15(22)10-23/h3-4,9,15H,5-8,10H2,1-2H3,(H,20,24)/t15-/m1/s1. The lowest BCUT2D eigenvalue weighted by Gasteiger charge is -2.43. The third kappa shape index (κ3) is 2.50. The smallest absolute Gasteiger partial charge is 0.270 e. The van der Waals surface area contributed by atoms with Crippen LogP contribution in [0.2, 0.25) is 0 Å². The van der Waals surface area contributed by atoms with Gasteiger partial charge in [0.2, 0.25) is 5.91 Å². The second-order valence-corrected chi connectivity index (χ2v) is 6.79. The molecular formula is C18H21FN4O2. The third-order valence-electron chi connectivity index (χ3n) is 5.40. The van der Waals surface area contributed by atoms with Crippen molar-refractivity contribution in [2.24, 2.45) is 7.05 Å². The highest BCUT2D eigenvalue weighted by atomic mass is 19.1. The number of piperazine rings is 2. The van der Waals surface area contributed by atoms with Gasteiger partial charge in [-0.2, -0.15) is 0 Å². The fourth-order valence-corrected chi connectivity index (χ4v) is 4.02. The average Bonchev–Trinajstić information content (AvgIpc) is 2.85. The van der Waals surface area contributed by atoms with Crippen LogP contribution in [0.15, 0.2) is 18.2 Å². The maximum atomic E-state index is 13.6. The van der Waals surface area contributed by atoms with Crippen LogP contribution in [0.25, 0.3) is 10.9 Å². The predicted octanol–water partition coefficient (Wildman–Crippen LogP) is 0.882. The van der Waals surface area contributed by atoms with Gasteiger partial charge in [-0.05, 0) is 30.7 Å². The third-order valence-corrected chi connectivity index (χ3v) is 5.40. The fourth-order valence-electron chi connectivity index (χ4n) is 4.02. The summed E-state index contributed by atoms with van der Waals surface area (Å²) in [5.74, 6) is -0.429. The number of aromatic nitrogens is 1. The summed E-state index contributed by atoms with van der Waals surface area (Å²) in [4.78, 5) is 29.1. The van der Waals surface area contributed by atoms with E-state index in [1.807, 2.05) is 18.5 Å². The first kappa shape index (κ1) is 16.1. The molecule has 0 aliphatic carbocycles. The van der Waals surface area contributed by atoms with Crippen molar-refractivity contribution in [2.75, 3.05) is 32.7 Å². The number of benzene rings is 1. The normalized spacial score (nSPS) is 21.3. The Kier molecular flexibility index (Phi) is 3.76. The zero-order valence-electron chi connectivity index (χ0n) is 14.4. The van der Waals surface area contributed by atoms with Gasteiger partial charge in [-0.15, -0.1) is 0 Å². The molecule has 4 rings (SSSR count). The number of carbonyl (C=O) groups excluding carboxylic acids is 2. The van der Waals surface area contributed by atoms with Crippen LogP contribution in [-0.4, -0.2) is 64.9 Å². The zero-order valence-corrected chi connectivity index (χ0v) is 14.4. The maximum Gasteiger partial charge on any atom is 0.270 e. The molecule has 1 N–H and O–H groups in total. The van der Waals surface area contributed by atoms with Crippen molar-refractivity contribution >= 4 is 22.7 Å². The zero-order chi connectivity index (χ0) is 17.7. The van der Waals surface area contributed by atoms with Crippen LogP contribution in [0.3, 0.4) is 0 Å². The number of hydrogen-bond acceptors (Lipinski definition) is 3. The molecule has 0 unspecified atom stereocenters. The Morgan fingerprint density at radius 1 is 1.28 bits per heavy atom. The van der Waals surface area contributed by atoms with Gasteiger partial charge in [-0.25, -0.2) is 4.39 Å². The summed E-state index contributed by atoms with van der Waals surface area (Å²) in [6, 6.07) is 4.29. The number of hydrogen-bond donors (Lipinski definition) is 1. The SMILES string of the molecule is Cc1c(C(=O)N2CCN3CCNC(=O)[C@H]3C2)n(C)c2ccc(F)cc12. The summed E-state index contributed by atoms with van der Waals surface area (Å²) >= 11 is 0. The molecule has 6 nitrogen and oxygen atoms in total. The van der Waals surface area contributed by atoms with Crippen molar-refractivity contribution < 1.29 is 14.0 Å². The van der Waals surface area contributed by atoms with E-state index in [1.54, 1.807) is 11.0 Å². The molecule has 0 bridgehead atoms.